The van der Waals surface area contributed by atoms with Crippen molar-refractivity contribution in [3.05, 3.63) is 54.7 Å². The highest BCUT2D eigenvalue weighted by molar-refractivity contribution is 6.18. The number of hydrogen-bond donors (Lipinski definition) is 5. The molecule has 2 atom stereocenters. The van der Waals surface area contributed by atoms with E-state index in [1.165, 1.54) is 61.7 Å². The summed E-state index contributed by atoms with van der Waals surface area (Å²) in [6, 6.07) is 11.7. The minimum atomic E-state index is -2.18. The Labute approximate surface area is 257 Å². The maximum atomic E-state index is 13.1. The van der Waals surface area contributed by atoms with Gasteiger partial charge in [0.15, 0.2) is 18.0 Å². The minimum absolute atomic E-state index is 0.0185. The largest absolute Gasteiger partial charge is 0.464 e. The number of nitrogens with zero attached hydrogens (tertiary/aromatic N) is 3. The Kier molecular flexibility index (Phi) is 10.8. The van der Waals surface area contributed by atoms with Crippen LogP contribution >= 0.6 is 11.6 Å². The summed E-state index contributed by atoms with van der Waals surface area (Å²) in [5.41, 5.74) is -0.0713. The molecule has 5 N–H and O–H groups in total. The number of carboxylic acid groups (broad SMARTS) is 1. The number of ether oxygens (including phenoxy) is 1. The highest BCUT2D eigenvalue weighted by atomic mass is 35.5. The molecule has 44 heavy (non-hydrogen) atoms. The number of rotatable bonds is 9. The third kappa shape index (κ3) is 8.40. The number of imide groups is 1. The van der Waals surface area contributed by atoms with Crippen molar-refractivity contribution in [2.45, 2.75) is 45.5 Å². The third-order valence-corrected chi connectivity index (χ3v) is 6.05. The summed E-state index contributed by atoms with van der Waals surface area (Å²) in [5.74, 6) is -2.64. The standard InChI is InChI=1S/C29H32ClN5O9/c1-16(36)32-18-5-8-20(9-6-18)34(14-12-30)26(40)23(38)22(37)25(39)33-19-7-10-21-17(15-19)11-13-31-24(21)35(27(41)42)28(43)44-29(2,3)4/h5-11,13,15,22-23,37-38H,12,14H2,1-4H3,(H,32,36)(H,33,39)(H,41,42)/t22-,23-/m1/s1. The fraction of sp³-hybridized carbons (Fsp3) is 0.310. The minimum Gasteiger partial charge on any atom is -0.464 e. The van der Waals surface area contributed by atoms with Crippen molar-refractivity contribution in [2.75, 3.05) is 32.9 Å². The number of carbonyl (C=O) groups excluding carboxylic acids is 4. The highest BCUT2D eigenvalue weighted by Crippen LogP contribution is 2.29. The summed E-state index contributed by atoms with van der Waals surface area (Å²) >= 11 is 5.85. The summed E-state index contributed by atoms with van der Waals surface area (Å²) in [4.78, 5) is 67.2. The molecule has 3 rings (SSSR count). The Morgan fingerprint density at radius 2 is 1.59 bits per heavy atom. The molecule has 0 aliphatic rings. The average Bonchev–Trinajstić information content (AvgIpc) is 2.94. The second kappa shape index (κ2) is 14.1. The number of halogens is 1. The fourth-order valence-electron chi connectivity index (χ4n) is 4.01. The number of aromatic nitrogens is 1. The van der Waals surface area contributed by atoms with E-state index in [-0.39, 0.29) is 35.2 Å². The van der Waals surface area contributed by atoms with Crippen LogP contribution in [0.2, 0.25) is 0 Å². The highest BCUT2D eigenvalue weighted by Gasteiger charge is 2.34. The van der Waals surface area contributed by atoms with Gasteiger partial charge in [-0.3, -0.25) is 14.4 Å². The van der Waals surface area contributed by atoms with Crippen molar-refractivity contribution in [3.63, 3.8) is 0 Å². The molecule has 0 radical (unpaired) electrons. The van der Waals surface area contributed by atoms with E-state index < -0.39 is 41.8 Å². The van der Waals surface area contributed by atoms with Crippen LogP contribution in [-0.4, -0.2) is 80.4 Å². The van der Waals surface area contributed by atoms with Gasteiger partial charge in [-0.05, 0) is 74.7 Å². The zero-order valence-electron chi connectivity index (χ0n) is 24.3. The molecule has 2 aromatic carbocycles. The summed E-state index contributed by atoms with van der Waals surface area (Å²) in [5, 5.41) is 36.4. The van der Waals surface area contributed by atoms with Crippen molar-refractivity contribution in [1.29, 1.82) is 0 Å². The van der Waals surface area contributed by atoms with Crippen molar-refractivity contribution < 1.29 is 44.0 Å². The number of hydrogen-bond acceptors (Lipinski definition) is 9. The first kappa shape index (κ1) is 33.7. The van der Waals surface area contributed by atoms with Gasteiger partial charge >= 0.3 is 12.2 Å². The second-order valence-corrected chi connectivity index (χ2v) is 10.8. The number of alkyl halides is 1. The van der Waals surface area contributed by atoms with Crippen molar-refractivity contribution >= 4 is 75.2 Å². The Bertz CT molecular complexity index is 1560. The Morgan fingerprint density at radius 3 is 2.16 bits per heavy atom. The number of anilines is 4. The quantitative estimate of drug-likeness (QED) is 0.218. The number of pyridine rings is 1. The Hall–Kier alpha value is -4.79. The van der Waals surface area contributed by atoms with Crippen LogP contribution in [0.5, 0.6) is 0 Å². The molecule has 3 aromatic rings. The van der Waals surface area contributed by atoms with Crippen LogP contribution in [0.1, 0.15) is 27.7 Å². The molecule has 0 aliphatic heterocycles. The summed E-state index contributed by atoms with van der Waals surface area (Å²) in [6.07, 6.45) is -5.87. The van der Waals surface area contributed by atoms with Crippen LogP contribution in [-0.2, 0) is 19.1 Å². The van der Waals surface area contributed by atoms with Crippen LogP contribution in [0.3, 0.4) is 0 Å². The zero-order valence-corrected chi connectivity index (χ0v) is 25.0. The molecule has 0 saturated carbocycles. The number of aliphatic hydroxyl groups is 2. The summed E-state index contributed by atoms with van der Waals surface area (Å²) < 4.78 is 5.19. The molecule has 234 valence electrons. The van der Waals surface area contributed by atoms with Crippen molar-refractivity contribution in [2.24, 2.45) is 0 Å². The van der Waals surface area contributed by atoms with Gasteiger partial charge in [-0.1, -0.05) is 0 Å². The van der Waals surface area contributed by atoms with Crippen LogP contribution in [0.15, 0.2) is 54.7 Å². The molecule has 0 saturated heterocycles. The van der Waals surface area contributed by atoms with E-state index in [9.17, 15) is 39.3 Å². The first-order valence-corrected chi connectivity index (χ1v) is 13.7. The number of fused-ring (bicyclic) bond motifs is 1. The topological polar surface area (TPSA) is 199 Å². The molecule has 0 fully saturated rings. The molecule has 0 aliphatic carbocycles. The van der Waals surface area contributed by atoms with E-state index in [1.54, 1.807) is 20.8 Å². The molecule has 14 nitrogen and oxygen atoms in total. The predicted molar refractivity (Wildman–Crippen MR) is 163 cm³/mol. The zero-order chi connectivity index (χ0) is 32.8. The molecule has 0 spiro atoms. The first-order chi connectivity index (χ1) is 20.6. The number of amides is 5. The number of carbonyl (C=O) groups is 5. The number of nitrogens with one attached hydrogen (secondary N) is 2. The molecule has 15 heteroatoms. The van der Waals surface area contributed by atoms with Gasteiger partial charge in [-0.25, -0.2) is 14.6 Å². The molecule has 0 bridgehead atoms. The molecular formula is C29H32ClN5O9. The molecule has 5 amide bonds. The van der Waals surface area contributed by atoms with Gasteiger partial charge < -0.3 is 35.6 Å². The second-order valence-electron chi connectivity index (χ2n) is 10.5. The van der Waals surface area contributed by atoms with Gasteiger partial charge in [-0.15, -0.1) is 11.6 Å². The first-order valence-electron chi connectivity index (χ1n) is 13.2. The normalized spacial score (nSPS) is 12.5. The molecule has 1 aromatic heterocycles. The number of aliphatic hydroxyl groups excluding tert-OH is 2. The van der Waals surface area contributed by atoms with E-state index >= 15 is 0 Å². The molecule has 0 unspecified atom stereocenters. The van der Waals surface area contributed by atoms with E-state index in [0.717, 1.165) is 4.90 Å². The van der Waals surface area contributed by atoms with Crippen molar-refractivity contribution in [3.8, 4) is 0 Å². The van der Waals surface area contributed by atoms with Gasteiger partial charge in [0.2, 0.25) is 5.91 Å². The van der Waals surface area contributed by atoms with Crippen LogP contribution in [0.25, 0.3) is 10.8 Å². The monoisotopic (exact) mass is 629 g/mol. The van der Waals surface area contributed by atoms with Crippen molar-refractivity contribution in [1.82, 2.24) is 4.98 Å². The van der Waals surface area contributed by atoms with Crippen LogP contribution in [0.4, 0.5) is 32.5 Å². The van der Waals surface area contributed by atoms with Crippen LogP contribution < -0.4 is 20.4 Å². The lowest BCUT2D eigenvalue weighted by Crippen LogP contribution is -2.50. The van der Waals surface area contributed by atoms with Gasteiger partial charge in [-0.2, -0.15) is 4.90 Å². The maximum Gasteiger partial charge on any atom is 0.425 e. The SMILES string of the molecule is CC(=O)Nc1ccc(N(CCCl)C(=O)[C@H](O)[C@@H](O)C(=O)Nc2ccc3c(N(C(=O)O)C(=O)OC(C)(C)C)nccc3c2)cc1. The lowest BCUT2D eigenvalue weighted by molar-refractivity contribution is -0.141. The molecular weight excluding hydrogens is 598 g/mol. The van der Waals surface area contributed by atoms with E-state index in [2.05, 4.69) is 15.6 Å². The summed E-state index contributed by atoms with van der Waals surface area (Å²) in [6.45, 7) is 6.03. The van der Waals surface area contributed by atoms with E-state index in [0.29, 0.717) is 21.7 Å². The lowest BCUT2D eigenvalue weighted by atomic mass is 10.1. The number of benzene rings is 2. The van der Waals surface area contributed by atoms with E-state index in [4.69, 9.17) is 16.3 Å². The molecule has 1 heterocycles. The predicted octanol–water partition coefficient (Wildman–Crippen LogP) is 3.55. The maximum absolute atomic E-state index is 13.1. The fourth-order valence-corrected chi connectivity index (χ4v) is 4.18. The Balaban J connectivity index is 1.79. The van der Waals surface area contributed by atoms with Crippen LogP contribution in [0, 0.1) is 0 Å². The lowest BCUT2D eigenvalue weighted by Gasteiger charge is -2.26. The summed E-state index contributed by atoms with van der Waals surface area (Å²) in [7, 11) is 0. The average molecular weight is 630 g/mol. The third-order valence-electron chi connectivity index (χ3n) is 5.88. The van der Waals surface area contributed by atoms with Gasteiger partial charge in [0.05, 0.1) is 0 Å². The Morgan fingerprint density at radius 1 is 0.955 bits per heavy atom. The van der Waals surface area contributed by atoms with E-state index in [1.807, 2.05) is 0 Å². The van der Waals surface area contributed by atoms with Gasteiger partial charge in [0, 0.05) is 48.0 Å². The van der Waals surface area contributed by atoms with Gasteiger partial charge in [0.1, 0.15) is 5.60 Å². The smallest absolute Gasteiger partial charge is 0.425 e. The van der Waals surface area contributed by atoms with Gasteiger partial charge in [0.25, 0.3) is 11.8 Å².